The number of aliphatic hydroxyl groups is 1. The first-order chi connectivity index (χ1) is 17.8. The predicted molar refractivity (Wildman–Crippen MR) is 137 cm³/mol. The van der Waals surface area contributed by atoms with Gasteiger partial charge in [-0.05, 0) is 24.1 Å². The van der Waals surface area contributed by atoms with Crippen LogP contribution in [0, 0.1) is 5.41 Å². The maximum absolute atomic E-state index is 12.8. The first kappa shape index (κ1) is 32.7. The molecule has 0 heterocycles. The van der Waals surface area contributed by atoms with Gasteiger partial charge >= 0.3 is 11.9 Å². The molecular formula is C24H35N3O10S. The second-order valence-corrected chi connectivity index (χ2v) is 10.3. The molecule has 0 aliphatic carbocycles. The summed E-state index contributed by atoms with van der Waals surface area (Å²) < 4.78 is 5.33. The van der Waals surface area contributed by atoms with Gasteiger partial charge in [-0.2, -0.15) is 0 Å². The SMILES string of the molecule is CC(C)(CO)C(OC(=O)C(N)Cc1ccc(O)c(O)c1)C(=O)NCCC(=O)NCCSC(=O)CCC(=O)O. The topological polar surface area (TPSA) is 226 Å². The van der Waals surface area contributed by atoms with Crippen LogP contribution in [0.1, 0.15) is 38.7 Å². The Morgan fingerprint density at radius 3 is 2.32 bits per heavy atom. The van der Waals surface area contributed by atoms with Gasteiger partial charge in [0.25, 0.3) is 5.91 Å². The highest BCUT2D eigenvalue weighted by molar-refractivity contribution is 8.13. The van der Waals surface area contributed by atoms with Crippen LogP contribution in [0.4, 0.5) is 0 Å². The molecule has 38 heavy (non-hydrogen) atoms. The molecule has 0 saturated heterocycles. The highest BCUT2D eigenvalue weighted by Crippen LogP contribution is 2.26. The van der Waals surface area contributed by atoms with Crippen LogP contribution in [-0.2, 0) is 35.1 Å². The van der Waals surface area contributed by atoms with E-state index in [0.29, 0.717) is 5.56 Å². The molecular weight excluding hydrogens is 522 g/mol. The lowest BCUT2D eigenvalue weighted by atomic mass is 9.86. The minimum atomic E-state index is -1.42. The second kappa shape index (κ2) is 15.8. The van der Waals surface area contributed by atoms with Crippen LogP contribution in [0.2, 0.25) is 0 Å². The van der Waals surface area contributed by atoms with E-state index in [9.17, 15) is 39.3 Å². The average Bonchev–Trinajstić information content (AvgIpc) is 2.85. The van der Waals surface area contributed by atoms with E-state index >= 15 is 0 Å². The Bertz CT molecular complexity index is 1000. The minimum Gasteiger partial charge on any atom is -0.504 e. The van der Waals surface area contributed by atoms with E-state index in [0.717, 1.165) is 11.8 Å². The van der Waals surface area contributed by atoms with Crippen LogP contribution >= 0.6 is 11.8 Å². The third-order valence-electron chi connectivity index (χ3n) is 5.27. The van der Waals surface area contributed by atoms with E-state index in [2.05, 4.69) is 10.6 Å². The molecule has 8 N–H and O–H groups in total. The largest absolute Gasteiger partial charge is 0.504 e. The van der Waals surface area contributed by atoms with E-state index in [4.69, 9.17) is 15.6 Å². The Kier molecular flexibility index (Phi) is 13.6. The fourth-order valence-corrected chi connectivity index (χ4v) is 3.68. The average molecular weight is 558 g/mol. The van der Waals surface area contributed by atoms with Gasteiger partial charge in [0.1, 0.15) is 6.04 Å². The van der Waals surface area contributed by atoms with E-state index in [1.807, 2.05) is 0 Å². The molecule has 2 unspecified atom stereocenters. The second-order valence-electron chi connectivity index (χ2n) is 9.10. The molecule has 1 aromatic carbocycles. The van der Waals surface area contributed by atoms with Crippen LogP contribution in [0.3, 0.4) is 0 Å². The maximum Gasteiger partial charge on any atom is 0.324 e. The molecule has 13 nitrogen and oxygen atoms in total. The Labute approximate surface area is 224 Å². The van der Waals surface area contributed by atoms with Gasteiger partial charge in [-0.3, -0.25) is 24.0 Å². The molecule has 1 aromatic rings. The molecule has 2 atom stereocenters. The Hall–Kier alpha value is -3.36. The standard InChI is InChI=1S/C24H35N3O10S/c1-24(2,13-28)21(37-23(36)15(25)11-14-3-4-16(29)17(30)12-14)22(35)27-8-7-18(31)26-9-10-38-20(34)6-5-19(32)33/h3-4,12,15,21,28-30H,5-11,13,25H2,1-2H3,(H,26,31)(H,27,35)(H,32,33). The highest BCUT2D eigenvalue weighted by atomic mass is 32.2. The van der Waals surface area contributed by atoms with Gasteiger partial charge < -0.3 is 41.5 Å². The van der Waals surface area contributed by atoms with E-state index in [-0.39, 0.29) is 61.1 Å². The van der Waals surface area contributed by atoms with Crippen LogP contribution < -0.4 is 16.4 Å². The van der Waals surface area contributed by atoms with Crippen molar-refractivity contribution in [2.24, 2.45) is 11.1 Å². The van der Waals surface area contributed by atoms with Crippen molar-refractivity contribution in [1.82, 2.24) is 10.6 Å². The predicted octanol–water partition coefficient (Wildman–Crippen LogP) is -0.355. The van der Waals surface area contributed by atoms with Crippen molar-refractivity contribution in [3.63, 3.8) is 0 Å². The summed E-state index contributed by atoms with van der Waals surface area (Å²) in [5, 5.41) is 42.0. The van der Waals surface area contributed by atoms with Crippen molar-refractivity contribution < 1.29 is 49.1 Å². The summed E-state index contributed by atoms with van der Waals surface area (Å²) in [6.45, 7) is 2.60. The van der Waals surface area contributed by atoms with E-state index in [1.165, 1.54) is 32.0 Å². The lowest BCUT2D eigenvalue weighted by molar-refractivity contribution is -0.166. The molecule has 0 saturated carbocycles. The quantitative estimate of drug-likeness (QED) is 0.0786. The maximum atomic E-state index is 12.8. The van der Waals surface area contributed by atoms with Crippen molar-refractivity contribution in [3.8, 4) is 11.5 Å². The number of thioether (sulfide) groups is 1. The van der Waals surface area contributed by atoms with Crippen molar-refractivity contribution in [3.05, 3.63) is 23.8 Å². The number of aromatic hydroxyl groups is 2. The van der Waals surface area contributed by atoms with Crippen molar-refractivity contribution in [1.29, 1.82) is 0 Å². The summed E-state index contributed by atoms with van der Waals surface area (Å²) in [4.78, 5) is 59.3. The fraction of sp³-hybridized carbons (Fsp3) is 0.542. The van der Waals surface area contributed by atoms with Gasteiger partial charge in [-0.25, -0.2) is 0 Å². The smallest absolute Gasteiger partial charge is 0.324 e. The Morgan fingerprint density at radius 2 is 1.71 bits per heavy atom. The molecule has 2 amide bonds. The number of carboxylic acid groups (broad SMARTS) is 1. The molecule has 212 valence electrons. The molecule has 0 spiro atoms. The summed E-state index contributed by atoms with van der Waals surface area (Å²) in [6.07, 6.45) is -1.93. The van der Waals surface area contributed by atoms with Crippen LogP contribution in [-0.4, -0.2) is 86.9 Å². The summed E-state index contributed by atoms with van der Waals surface area (Å²) in [5.41, 5.74) is 5.17. The number of amides is 2. The number of phenols is 2. The zero-order valence-corrected chi connectivity index (χ0v) is 22.1. The van der Waals surface area contributed by atoms with Crippen molar-refractivity contribution in [2.45, 2.75) is 51.7 Å². The van der Waals surface area contributed by atoms with Gasteiger partial charge in [-0.15, -0.1) is 0 Å². The van der Waals surface area contributed by atoms with Gasteiger partial charge in [-0.1, -0.05) is 31.7 Å². The fourth-order valence-electron chi connectivity index (χ4n) is 3.00. The van der Waals surface area contributed by atoms with Crippen molar-refractivity contribution in [2.75, 3.05) is 25.4 Å². The number of benzene rings is 1. The third kappa shape index (κ3) is 11.8. The summed E-state index contributed by atoms with van der Waals surface area (Å²) in [6, 6.07) is 2.74. The number of aliphatic hydroxyl groups excluding tert-OH is 1. The molecule has 0 aromatic heterocycles. The number of hydrogen-bond acceptors (Lipinski definition) is 11. The number of esters is 1. The number of phenolic OH excluding ortho intramolecular Hbond substituents is 2. The zero-order chi connectivity index (χ0) is 28.9. The number of hydrogen-bond donors (Lipinski definition) is 7. The van der Waals surface area contributed by atoms with Gasteiger partial charge in [0.2, 0.25) is 5.91 Å². The lowest BCUT2D eigenvalue weighted by Crippen LogP contribution is -2.51. The van der Waals surface area contributed by atoms with Gasteiger partial charge in [0, 0.05) is 37.1 Å². The molecule has 1 rings (SSSR count). The molecule has 0 fully saturated rings. The molecule has 0 aliphatic rings. The first-order valence-electron chi connectivity index (χ1n) is 11.8. The normalized spacial score (nSPS) is 12.7. The van der Waals surface area contributed by atoms with Gasteiger partial charge in [0.15, 0.2) is 22.7 Å². The van der Waals surface area contributed by atoms with Crippen LogP contribution in [0.15, 0.2) is 18.2 Å². The van der Waals surface area contributed by atoms with Crippen LogP contribution in [0.5, 0.6) is 11.5 Å². The van der Waals surface area contributed by atoms with Gasteiger partial charge in [0.05, 0.1) is 13.0 Å². The zero-order valence-electron chi connectivity index (χ0n) is 21.3. The van der Waals surface area contributed by atoms with Crippen molar-refractivity contribution >= 4 is 40.6 Å². The summed E-state index contributed by atoms with van der Waals surface area (Å²) in [7, 11) is 0. The summed E-state index contributed by atoms with van der Waals surface area (Å²) >= 11 is 0.915. The molecule has 0 bridgehead atoms. The van der Waals surface area contributed by atoms with Crippen LogP contribution in [0.25, 0.3) is 0 Å². The molecule has 0 aliphatic heterocycles. The minimum absolute atomic E-state index is 0.0514. The summed E-state index contributed by atoms with van der Waals surface area (Å²) in [5.74, 6) is -3.57. The Balaban J connectivity index is 2.54. The number of nitrogens with two attached hydrogens (primary N) is 1. The number of rotatable bonds is 16. The highest BCUT2D eigenvalue weighted by Gasteiger charge is 2.39. The van der Waals surface area contributed by atoms with E-state index < -0.39 is 47.9 Å². The number of carboxylic acids is 1. The third-order valence-corrected chi connectivity index (χ3v) is 6.20. The number of carbonyl (C=O) groups excluding carboxylic acids is 4. The van der Waals surface area contributed by atoms with E-state index in [1.54, 1.807) is 0 Å². The molecule has 14 heteroatoms. The molecule has 0 radical (unpaired) electrons. The number of nitrogens with one attached hydrogen (secondary N) is 2. The lowest BCUT2D eigenvalue weighted by Gasteiger charge is -2.31. The Morgan fingerprint density at radius 1 is 1.03 bits per heavy atom. The monoisotopic (exact) mass is 557 g/mol. The first-order valence-corrected chi connectivity index (χ1v) is 12.7. The number of ether oxygens (including phenoxy) is 1. The number of aliphatic carboxylic acids is 1. The number of carbonyl (C=O) groups is 5.